The van der Waals surface area contributed by atoms with Crippen LogP contribution >= 0.6 is 0 Å². The maximum absolute atomic E-state index is 12.7. The van der Waals surface area contributed by atoms with Gasteiger partial charge < -0.3 is 9.30 Å². The molecule has 26 heavy (non-hydrogen) atoms. The number of likely N-dealkylation sites (N-methyl/N-ethyl adjacent to an activating group) is 1. The lowest BCUT2D eigenvalue weighted by atomic mass is 10.1. The Morgan fingerprint density at radius 1 is 1.31 bits per heavy atom. The van der Waals surface area contributed by atoms with Gasteiger partial charge in [-0.3, -0.25) is 4.90 Å². The molecule has 0 aromatic carbocycles. The van der Waals surface area contributed by atoms with Crippen molar-refractivity contribution in [3.8, 4) is 0 Å². The number of hydrogen-bond donors (Lipinski definition) is 0. The number of sulfone groups is 1. The van der Waals surface area contributed by atoms with Gasteiger partial charge in [0.15, 0.2) is 0 Å². The smallest absolute Gasteiger partial charge is 0.228 e. The van der Waals surface area contributed by atoms with E-state index in [-0.39, 0.29) is 11.3 Å². The summed E-state index contributed by atoms with van der Waals surface area (Å²) in [4.78, 5) is 6.52. The zero-order valence-electron chi connectivity index (χ0n) is 16.9. The van der Waals surface area contributed by atoms with Gasteiger partial charge in [-0.05, 0) is 52.5 Å². The Morgan fingerprint density at radius 2 is 2.04 bits per heavy atom. The molecule has 0 bridgehead atoms. The fraction of sp³-hybridized carbons (Fsp3) is 0.842. The van der Waals surface area contributed by atoms with Gasteiger partial charge >= 0.3 is 0 Å². The van der Waals surface area contributed by atoms with E-state index in [1.807, 2.05) is 4.57 Å². The molecule has 0 spiro atoms. The molecule has 1 saturated heterocycles. The monoisotopic (exact) mass is 385 g/mol. The van der Waals surface area contributed by atoms with Crippen molar-refractivity contribution >= 4 is 9.84 Å². The summed E-state index contributed by atoms with van der Waals surface area (Å²) in [6, 6.07) is 0. The van der Waals surface area contributed by atoms with Crippen LogP contribution in [0, 0.1) is 5.92 Å². The fourth-order valence-corrected chi connectivity index (χ4v) is 4.36. The van der Waals surface area contributed by atoms with E-state index in [9.17, 15) is 8.42 Å². The molecule has 6 nitrogen and oxygen atoms in total. The largest absolute Gasteiger partial charge is 0.377 e. The molecule has 1 aliphatic heterocycles. The van der Waals surface area contributed by atoms with Crippen molar-refractivity contribution in [2.45, 2.75) is 83.0 Å². The van der Waals surface area contributed by atoms with Gasteiger partial charge in [-0.2, -0.15) is 0 Å². The number of nitrogens with zero attached hydrogens (tertiary/aromatic N) is 3. The Bertz CT molecular complexity index is 662. The first-order valence-electron chi connectivity index (χ1n) is 9.80. The molecule has 1 aliphatic rings. The van der Waals surface area contributed by atoms with Gasteiger partial charge in [0.2, 0.25) is 15.0 Å². The maximum Gasteiger partial charge on any atom is 0.228 e. The summed E-state index contributed by atoms with van der Waals surface area (Å²) in [5.74, 6) is 0.508. The number of aromatic nitrogens is 2. The van der Waals surface area contributed by atoms with E-state index in [1.54, 1.807) is 20.0 Å². The standard InChI is InChI=1S/C19H35N3O3S/c1-15(2)9-10-22-17(12-20-19(22)26(23,24)16(3)4)13-21(5)14-18-8-6-7-11-25-18/h12,15-16,18H,6-11,13-14H2,1-5H3/t18-/m0/s1. The third-order valence-corrected chi connectivity index (χ3v) is 7.00. The molecule has 1 atom stereocenters. The molecule has 0 N–H and O–H groups in total. The second-order valence-electron chi connectivity index (χ2n) is 8.15. The van der Waals surface area contributed by atoms with Crippen LogP contribution in [-0.2, 0) is 27.7 Å². The number of ether oxygens (including phenoxy) is 1. The van der Waals surface area contributed by atoms with Crippen LogP contribution in [0.2, 0.25) is 0 Å². The lowest BCUT2D eigenvalue weighted by Crippen LogP contribution is -2.33. The Balaban J connectivity index is 2.16. The van der Waals surface area contributed by atoms with Gasteiger partial charge in [0.05, 0.1) is 23.2 Å². The summed E-state index contributed by atoms with van der Waals surface area (Å²) < 4.78 is 33.1. The average molecular weight is 386 g/mol. The van der Waals surface area contributed by atoms with Crippen LogP contribution < -0.4 is 0 Å². The second kappa shape index (κ2) is 9.33. The zero-order chi connectivity index (χ0) is 19.3. The minimum Gasteiger partial charge on any atom is -0.377 e. The van der Waals surface area contributed by atoms with Gasteiger partial charge in [-0.15, -0.1) is 0 Å². The van der Waals surface area contributed by atoms with Crippen molar-refractivity contribution in [1.29, 1.82) is 0 Å². The molecule has 2 rings (SSSR count). The lowest BCUT2D eigenvalue weighted by Gasteiger charge is -2.27. The minimum atomic E-state index is -3.39. The molecule has 0 radical (unpaired) electrons. The Hall–Kier alpha value is -0.920. The van der Waals surface area contributed by atoms with Crippen molar-refractivity contribution in [3.05, 3.63) is 11.9 Å². The molecule has 7 heteroatoms. The normalized spacial score (nSPS) is 19.0. The molecule has 0 amide bonds. The quantitative estimate of drug-likeness (QED) is 0.653. The Labute approximate surface area is 158 Å². The second-order valence-corrected chi connectivity index (χ2v) is 10.5. The highest BCUT2D eigenvalue weighted by molar-refractivity contribution is 7.91. The zero-order valence-corrected chi connectivity index (χ0v) is 17.8. The third kappa shape index (κ3) is 5.54. The predicted octanol–water partition coefficient (Wildman–Crippen LogP) is 3.11. The lowest BCUT2D eigenvalue weighted by molar-refractivity contribution is -0.00291. The van der Waals surface area contributed by atoms with E-state index < -0.39 is 15.1 Å². The van der Waals surface area contributed by atoms with E-state index in [4.69, 9.17) is 4.74 Å². The van der Waals surface area contributed by atoms with Crippen LogP contribution in [0.1, 0.15) is 59.1 Å². The predicted molar refractivity (Wildman–Crippen MR) is 104 cm³/mol. The molecule has 1 fully saturated rings. The number of imidazole rings is 1. The minimum absolute atomic E-state index is 0.213. The first kappa shape index (κ1) is 21.4. The number of rotatable bonds is 9. The van der Waals surface area contributed by atoms with Gasteiger partial charge in [0.1, 0.15) is 0 Å². The Kier molecular flexibility index (Phi) is 7.67. The molecule has 0 aliphatic carbocycles. The highest BCUT2D eigenvalue weighted by atomic mass is 32.2. The summed E-state index contributed by atoms with van der Waals surface area (Å²) in [6.45, 7) is 10.8. The van der Waals surface area contributed by atoms with E-state index in [0.717, 1.165) is 38.1 Å². The van der Waals surface area contributed by atoms with E-state index >= 15 is 0 Å². The topological polar surface area (TPSA) is 64.4 Å². The van der Waals surface area contributed by atoms with Crippen LogP contribution in [-0.4, -0.2) is 54.4 Å². The molecule has 2 heterocycles. The molecule has 150 valence electrons. The van der Waals surface area contributed by atoms with Crippen molar-refractivity contribution < 1.29 is 13.2 Å². The van der Waals surface area contributed by atoms with Crippen LogP contribution in [0.5, 0.6) is 0 Å². The molecule has 1 aromatic heterocycles. The summed E-state index contributed by atoms with van der Waals surface area (Å²) in [5.41, 5.74) is 0.961. The van der Waals surface area contributed by atoms with Crippen molar-refractivity contribution in [1.82, 2.24) is 14.5 Å². The van der Waals surface area contributed by atoms with Gasteiger partial charge in [0, 0.05) is 26.2 Å². The molecular formula is C19H35N3O3S. The SMILES string of the molecule is CC(C)CCn1c(CN(C)C[C@@H]2CCCCO2)cnc1S(=O)(=O)C(C)C. The van der Waals surface area contributed by atoms with Crippen LogP contribution in [0.4, 0.5) is 0 Å². The van der Waals surface area contributed by atoms with Crippen molar-refractivity contribution in [3.63, 3.8) is 0 Å². The summed E-state index contributed by atoms with van der Waals surface area (Å²) in [7, 11) is -1.33. The fourth-order valence-electron chi connectivity index (χ4n) is 3.22. The summed E-state index contributed by atoms with van der Waals surface area (Å²) >= 11 is 0. The van der Waals surface area contributed by atoms with Crippen LogP contribution in [0.25, 0.3) is 0 Å². The van der Waals surface area contributed by atoms with Crippen molar-refractivity contribution in [2.75, 3.05) is 20.2 Å². The van der Waals surface area contributed by atoms with E-state index in [2.05, 4.69) is 30.8 Å². The number of hydrogen-bond acceptors (Lipinski definition) is 5. The maximum atomic E-state index is 12.7. The van der Waals surface area contributed by atoms with E-state index in [0.29, 0.717) is 19.0 Å². The highest BCUT2D eigenvalue weighted by Crippen LogP contribution is 2.20. The average Bonchev–Trinajstić information content (AvgIpc) is 2.96. The first-order valence-corrected chi connectivity index (χ1v) is 11.3. The molecular weight excluding hydrogens is 350 g/mol. The van der Waals surface area contributed by atoms with Crippen molar-refractivity contribution in [2.24, 2.45) is 5.92 Å². The first-order chi connectivity index (χ1) is 12.2. The van der Waals surface area contributed by atoms with E-state index in [1.165, 1.54) is 6.42 Å². The van der Waals surface area contributed by atoms with Gasteiger partial charge in [-0.25, -0.2) is 13.4 Å². The Morgan fingerprint density at radius 3 is 2.62 bits per heavy atom. The highest BCUT2D eigenvalue weighted by Gasteiger charge is 2.27. The van der Waals surface area contributed by atoms with Crippen LogP contribution in [0.15, 0.2) is 11.4 Å². The molecule has 1 aromatic rings. The third-order valence-electron chi connectivity index (χ3n) is 4.93. The molecule has 0 unspecified atom stereocenters. The van der Waals surface area contributed by atoms with Gasteiger partial charge in [-0.1, -0.05) is 13.8 Å². The van der Waals surface area contributed by atoms with Crippen LogP contribution in [0.3, 0.4) is 0 Å². The summed E-state index contributed by atoms with van der Waals surface area (Å²) in [5, 5.41) is -0.255. The van der Waals surface area contributed by atoms with Gasteiger partial charge in [0.25, 0.3) is 0 Å². The summed E-state index contributed by atoms with van der Waals surface area (Å²) in [6.07, 6.45) is 6.41. The molecule has 0 saturated carbocycles.